The zero-order valence-corrected chi connectivity index (χ0v) is 12.2. The van der Waals surface area contributed by atoms with Gasteiger partial charge in [-0.15, -0.1) is 0 Å². The summed E-state index contributed by atoms with van der Waals surface area (Å²) in [4.78, 5) is 4.61. The fourth-order valence-corrected chi connectivity index (χ4v) is 2.41. The Morgan fingerprint density at radius 2 is 2.15 bits per heavy atom. The summed E-state index contributed by atoms with van der Waals surface area (Å²) in [5.41, 5.74) is 1.69. The van der Waals surface area contributed by atoms with Gasteiger partial charge in [0.25, 0.3) is 0 Å². The van der Waals surface area contributed by atoms with Crippen LogP contribution < -0.4 is 0 Å². The van der Waals surface area contributed by atoms with Crippen molar-refractivity contribution in [1.82, 2.24) is 0 Å². The molecule has 0 heterocycles. The van der Waals surface area contributed by atoms with Crippen LogP contribution in [0.1, 0.15) is 63.0 Å². The molecule has 0 radical (unpaired) electrons. The highest BCUT2D eigenvalue weighted by Gasteiger charge is 2.12. The highest BCUT2D eigenvalue weighted by atomic mass is 19.1. The van der Waals surface area contributed by atoms with Crippen LogP contribution in [0.2, 0.25) is 0 Å². The minimum Gasteiger partial charge on any atom is -0.289 e. The predicted molar refractivity (Wildman–Crippen MR) is 82.7 cm³/mol. The van der Waals surface area contributed by atoms with Gasteiger partial charge in [-0.3, -0.25) is 4.99 Å². The third-order valence-electron chi connectivity index (χ3n) is 3.64. The molecule has 0 aliphatic heterocycles. The molecule has 0 N–H and O–H groups in total. The Hall–Kier alpha value is -1.62. The standard InChI is InChI=1S/C18H22FN/c1-2-3-4-5-8-15-13-17(19)12-11-16(15)14-20-18-9-6-7-10-18/h11-14,18H,2-4,6-7,9-10H2,1H3. The van der Waals surface area contributed by atoms with Gasteiger partial charge in [-0.1, -0.05) is 38.0 Å². The van der Waals surface area contributed by atoms with Crippen LogP contribution in [0.5, 0.6) is 0 Å². The van der Waals surface area contributed by atoms with Crippen molar-refractivity contribution < 1.29 is 4.39 Å². The van der Waals surface area contributed by atoms with E-state index in [1.165, 1.54) is 37.8 Å². The number of halogens is 1. The zero-order chi connectivity index (χ0) is 14.2. The van der Waals surface area contributed by atoms with E-state index in [-0.39, 0.29) is 5.82 Å². The first-order chi connectivity index (χ1) is 9.79. The summed E-state index contributed by atoms with van der Waals surface area (Å²) in [6.45, 7) is 2.14. The number of nitrogens with zero attached hydrogens (tertiary/aromatic N) is 1. The van der Waals surface area contributed by atoms with Crippen LogP contribution in [0.15, 0.2) is 23.2 Å². The second-order valence-corrected chi connectivity index (χ2v) is 5.35. The summed E-state index contributed by atoms with van der Waals surface area (Å²) in [5, 5.41) is 0. The monoisotopic (exact) mass is 271 g/mol. The van der Waals surface area contributed by atoms with Crippen molar-refractivity contribution >= 4 is 6.21 Å². The van der Waals surface area contributed by atoms with E-state index in [4.69, 9.17) is 0 Å². The molecule has 0 saturated heterocycles. The van der Waals surface area contributed by atoms with Crippen molar-refractivity contribution in [3.63, 3.8) is 0 Å². The quantitative estimate of drug-likeness (QED) is 0.426. The molecule has 1 aromatic rings. The van der Waals surface area contributed by atoms with Gasteiger partial charge in [-0.05, 0) is 37.5 Å². The Morgan fingerprint density at radius 1 is 1.35 bits per heavy atom. The predicted octanol–water partition coefficient (Wildman–Crippen LogP) is 4.73. The maximum absolute atomic E-state index is 13.4. The van der Waals surface area contributed by atoms with E-state index in [9.17, 15) is 4.39 Å². The molecule has 0 spiro atoms. The van der Waals surface area contributed by atoms with Crippen molar-refractivity contribution in [1.29, 1.82) is 0 Å². The number of hydrogen-bond acceptors (Lipinski definition) is 1. The number of aliphatic imine (C=N–C) groups is 1. The van der Waals surface area contributed by atoms with E-state index in [0.29, 0.717) is 6.04 Å². The average molecular weight is 271 g/mol. The van der Waals surface area contributed by atoms with Crippen molar-refractivity contribution in [2.24, 2.45) is 4.99 Å². The molecule has 1 aliphatic rings. The smallest absolute Gasteiger partial charge is 0.124 e. The molecule has 0 unspecified atom stereocenters. The van der Waals surface area contributed by atoms with Crippen LogP contribution in [0, 0.1) is 17.7 Å². The highest BCUT2D eigenvalue weighted by Crippen LogP contribution is 2.21. The Morgan fingerprint density at radius 3 is 2.90 bits per heavy atom. The Labute approximate surface area is 121 Å². The normalized spacial score (nSPS) is 15.5. The van der Waals surface area contributed by atoms with Gasteiger partial charge in [0.2, 0.25) is 0 Å². The maximum Gasteiger partial charge on any atom is 0.124 e. The lowest BCUT2D eigenvalue weighted by Crippen LogP contribution is -1.98. The largest absolute Gasteiger partial charge is 0.289 e. The minimum atomic E-state index is -0.234. The number of rotatable bonds is 4. The van der Waals surface area contributed by atoms with Gasteiger partial charge in [0.15, 0.2) is 0 Å². The molecule has 0 aromatic heterocycles. The third kappa shape index (κ3) is 4.49. The second-order valence-electron chi connectivity index (χ2n) is 5.35. The Bertz CT molecular complexity index is 516. The summed E-state index contributed by atoms with van der Waals surface area (Å²) in [7, 11) is 0. The fourth-order valence-electron chi connectivity index (χ4n) is 2.41. The van der Waals surface area contributed by atoms with Gasteiger partial charge in [0.05, 0.1) is 0 Å². The molecular formula is C18H22FN. The second kappa shape index (κ2) is 7.85. The van der Waals surface area contributed by atoms with Crippen LogP contribution in [-0.2, 0) is 0 Å². The molecule has 20 heavy (non-hydrogen) atoms. The molecule has 2 heteroatoms. The summed E-state index contributed by atoms with van der Waals surface area (Å²) < 4.78 is 13.4. The first-order valence-electron chi connectivity index (χ1n) is 7.61. The van der Waals surface area contributed by atoms with Crippen LogP contribution in [0.3, 0.4) is 0 Å². The first kappa shape index (κ1) is 14.8. The van der Waals surface area contributed by atoms with E-state index in [0.717, 1.165) is 30.4 Å². The first-order valence-corrected chi connectivity index (χ1v) is 7.61. The van der Waals surface area contributed by atoms with E-state index in [2.05, 4.69) is 23.8 Å². The van der Waals surface area contributed by atoms with Gasteiger partial charge in [-0.25, -0.2) is 4.39 Å². The van der Waals surface area contributed by atoms with Crippen molar-refractivity contribution in [3.05, 3.63) is 35.1 Å². The summed E-state index contributed by atoms with van der Waals surface area (Å²) in [6, 6.07) is 5.21. The molecule has 1 aromatic carbocycles. The van der Waals surface area contributed by atoms with Gasteiger partial charge in [0, 0.05) is 29.8 Å². The molecule has 106 valence electrons. The van der Waals surface area contributed by atoms with E-state index in [1.54, 1.807) is 6.07 Å². The number of benzene rings is 1. The van der Waals surface area contributed by atoms with Gasteiger partial charge in [-0.2, -0.15) is 0 Å². The van der Waals surface area contributed by atoms with Gasteiger partial charge < -0.3 is 0 Å². The van der Waals surface area contributed by atoms with E-state index >= 15 is 0 Å². The third-order valence-corrected chi connectivity index (χ3v) is 3.64. The molecular weight excluding hydrogens is 249 g/mol. The number of hydrogen-bond donors (Lipinski definition) is 0. The average Bonchev–Trinajstić information content (AvgIpc) is 2.96. The molecule has 2 rings (SSSR count). The molecule has 1 saturated carbocycles. The highest BCUT2D eigenvalue weighted by molar-refractivity contribution is 5.83. The van der Waals surface area contributed by atoms with Gasteiger partial charge in [0.1, 0.15) is 5.82 Å². The summed E-state index contributed by atoms with van der Waals surface area (Å²) in [6.07, 6.45) is 9.86. The molecule has 0 atom stereocenters. The molecule has 0 bridgehead atoms. The van der Waals surface area contributed by atoms with Crippen molar-refractivity contribution in [3.8, 4) is 11.8 Å². The maximum atomic E-state index is 13.4. The fraction of sp³-hybridized carbons (Fsp3) is 0.500. The van der Waals surface area contributed by atoms with Crippen molar-refractivity contribution in [2.45, 2.75) is 57.9 Å². The molecule has 0 amide bonds. The lowest BCUT2D eigenvalue weighted by atomic mass is 10.1. The van der Waals surface area contributed by atoms with Crippen LogP contribution in [0.4, 0.5) is 4.39 Å². The SMILES string of the molecule is CCCCC#Cc1cc(F)ccc1C=NC1CCCC1. The van der Waals surface area contributed by atoms with Crippen molar-refractivity contribution in [2.75, 3.05) is 0 Å². The molecule has 1 nitrogen and oxygen atoms in total. The minimum absolute atomic E-state index is 0.234. The van der Waals surface area contributed by atoms with Crippen LogP contribution in [0.25, 0.3) is 0 Å². The Kier molecular flexibility index (Phi) is 5.80. The van der Waals surface area contributed by atoms with E-state index < -0.39 is 0 Å². The molecule has 1 aliphatic carbocycles. The lowest BCUT2D eigenvalue weighted by molar-refractivity contribution is 0.627. The summed E-state index contributed by atoms with van der Waals surface area (Å²) >= 11 is 0. The topological polar surface area (TPSA) is 12.4 Å². The zero-order valence-electron chi connectivity index (χ0n) is 12.2. The van der Waals surface area contributed by atoms with Crippen LogP contribution >= 0.6 is 0 Å². The molecule has 1 fully saturated rings. The lowest BCUT2D eigenvalue weighted by Gasteiger charge is -2.02. The Balaban J connectivity index is 2.11. The van der Waals surface area contributed by atoms with Gasteiger partial charge >= 0.3 is 0 Å². The number of unbranched alkanes of at least 4 members (excludes halogenated alkanes) is 2. The van der Waals surface area contributed by atoms with E-state index in [1.807, 2.05) is 6.21 Å². The van der Waals surface area contributed by atoms with Crippen LogP contribution in [-0.4, -0.2) is 12.3 Å². The summed E-state index contributed by atoms with van der Waals surface area (Å²) in [5.74, 6) is 5.97.